The maximum atomic E-state index is 2.38. The van der Waals surface area contributed by atoms with E-state index in [-0.39, 0.29) is 0 Å². The summed E-state index contributed by atoms with van der Waals surface area (Å²) in [6.07, 6.45) is 20.1. The fraction of sp³-hybridized carbons (Fsp3) is 0.889. The Hall–Kier alpha value is -0.260. The topological polar surface area (TPSA) is 0 Å². The highest BCUT2D eigenvalue weighted by Crippen LogP contribution is 2.19. The number of rotatable bonds is 11. The summed E-state index contributed by atoms with van der Waals surface area (Å²) >= 11 is 0. The summed E-state index contributed by atoms with van der Waals surface area (Å²) in [7, 11) is 0. The van der Waals surface area contributed by atoms with Gasteiger partial charge in [-0.05, 0) is 24.7 Å². The SMILES string of the molecule is CCCCCCCCCCC/C=C/CC(C)(C)C. The van der Waals surface area contributed by atoms with E-state index < -0.39 is 0 Å². The van der Waals surface area contributed by atoms with Crippen LogP contribution in [-0.4, -0.2) is 0 Å². The first-order valence-electron chi connectivity index (χ1n) is 8.21. The fourth-order valence-corrected chi connectivity index (χ4v) is 2.13. The molecule has 0 aromatic rings. The molecule has 0 aromatic heterocycles. The third kappa shape index (κ3) is 15.7. The van der Waals surface area contributed by atoms with Crippen LogP contribution in [0.2, 0.25) is 0 Å². The van der Waals surface area contributed by atoms with Crippen LogP contribution < -0.4 is 0 Å². The van der Waals surface area contributed by atoms with E-state index in [9.17, 15) is 0 Å². The lowest BCUT2D eigenvalue weighted by Crippen LogP contribution is -2.01. The van der Waals surface area contributed by atoms with Crippen LogP contribution in [0.25, 0.3) is 0 Å². The van der Waals surface area contributed by atoms with E-state index in [2.05, 4.69) is 39.8 Å². The van der Waals surface area contributed by atoms with Gasteiger partial charge >= 0.3 is 0 Å². The van der Waals surface area contributed by atoms with Crippen molar-refractivity contribution in [2.75, 3.05) is 0 Å². The van der Waals surface area contributed by atoms with E-state index in [1.807, 2.05) is 0 Å². The molecule has 0 unspecified atom stereocenters. The van der Waals surface area contributed by atoms with Crippen molar-refractivity contribution in [2.45, 2.75) is 98.3 Å². The Bertz CT molecular complexity index is 183. The molecule has 0 aliphatic heterocycles. The van der Waals surface area contributed by atoms with Gasteiger partial charge in [0, 0.05) is 0 Å². The zero-order valence-corrected chi connectivity index (χ0v) is 13.4. The van der Waals surface area contributed by atoms with Crippen LogP contribution in [0, 0.1) is 5.41 Å². The Morgan fingerprint density at radius 2 is 1.17 bits per heavy atom. The molecule has 0 aliphatic rings. The highest BCUT2D eigenvalue weighted by atomic mass is 14.1. The molecule has 0 nitrogen and oxygen atoms in total. The molecule has 108 valence electrons. The quantitative estimate of drug-likeness (QED) is 0.277. The Morgan fingerprint density at radius 1 is 0.667 bits per heavy atom. The first-order valence-corrected chi connectivity index (χ1v) is 8.21. The second-order valence-corrected chi connectivity index (χ2v) is 6.85. The van der Waals surface area contributed by atoms with Gasteiger partial charge in [-0.3, -0.25) is 0 Å². The van der Waals surface area contributed by atoms with Crippen molar-refractivity contribution in [2.24, 2.45) is 5.41 Å². The lowest BCUT2D eigenvalue weighted by Gasteiger charge is -2.14. The zero-order valence-electron chi connectivity index (χ0n) is 13.4. The molecule has 0 rings (SSSR count). The summed E-state index contributed by atoms with van der Waals surface area (Å²) in [5.74, 6) is 0. The molecule has 0 heterocycles. The Kier molecular flexibility index (Phi) is 11.6. The molecule has 0 amide bonds. The van der Waals surface area contributed by atoms with E-state index in [1.165, 1.54) is 70.6 Å². The van der Waals surface area contributed by atoms with E-state index in [0.29, 0.717) is 5.41 Å². The highest BCUT2D eigenvalue weighted by Gasteiger charge is 2.05. The summed E-state index contributed by atoms with van der Waals surface area (Å²) in [6, 6.07) is 0. The summed E-state index contributed by atoms with van der Waals surface area (Å²) in [4.78, 5) is 0. The van der Waals surface area contributed by atoms with Crippen LogP contribution in [0.5, 0.6) is 0 Å². The molecule has 0 heteroatoms. The van der Waals surface area contributed by atoms with Crippen LogP contribution in [0.15, 0.2) is 12.2 Å². The van der Waals surface area contributed by atoms with Gasteiger partial charge < -0.3 is 0 Å². The van der Waals surface area contributed by atoms with Crippen molar-refractivity contribution in [3.05, 3.63) is 12.2 Å². The minimum Gasteiger partial charge on any atom is -0.0885 e. The number of allylic oxidation sites excluding steroid dienone is 2. The lowest BCUT2D eigenvalue weighted by molar-refractivity contribution is 0.420. The zero-order chi connectivity index (χ0) is 13.7. The standard InChI is InChI=1S/C18H36/c1-5-6-7-8-9-10-11-12-13-14-15-16-17-18(2,3)4/h15-16H,5-14,17H2,1-4H3/b16-15+. The van der Waals surface area contributed by atoms with Gasteiger partial charge in [-0.1, -0.05) is 91.2 Å². The second kappa shape index (κ2) is 11.8. The lowest BCUT2D eigenvalue weighted by atomic mass is 9.92. The number of unbranched alkanes of at least 4 members (excludes halogenated alkanes) is 9. The molecule has 0 atom stereocenters. The fourth-order valence-electron chi connectivity index (χ4n) is 2.13. The van der Waals surface area contributed by atoms with Gasteiger partial charge in [0.1, 0.15) is 0 Å². The van der Waals surface area contributed by atoms with E-state index in [4.69, 9.17) is 0 Å². The summed E-state index contributed by atoms with van der Waals surface area (Å²) in [5, 5.41) is 0. The minimum atomic E-state index is 0.453. The van der Waals surface area contributed by atoms with Gasteiger partial charge in [0.15, 0.2) is 0 Å². The van der Waals surface area contributed by atoms with Gasteiger partial charge in [-0.25, -0.2) is 0 Å². The predicted molar refractivity (Wildman–Crippen MR) is 85.1 cm³/mol. The molecule has 0 N–H and O–H groups in total. The molecular formula is C18H36. The first-order chi connectivity index (χ1) is 8.56. The molecule has 0 aromatic carbocycles. The Morgan fingerprint density at radius 3 is 1.67 bits per heavy atom. The smallest absolute Gasteiger partial charge is 0.0302 e. The Balaban J connectivity index is 3.12. The Labute approximate surface area is 116 Å². The van der Waals surface area contributed by atoms with Gasteiger partial charge in [-0.2, -0.15) is 0 Å². The summed E-state index contributed by atoms with van der Waals surface area (Å²) < 4.78 is 0. The third-order valence-corrected chi connectivity index (χ3v) is 3.37. The molecule has 0 saturated heterocycles. The maximum absolute atomic E-state index is 2.38. The molecule has 18 heavy (non-hydrogen) atoms. The second-order valence-electron chi connectivity index (χ2n) is 6.85. The van der Waals surface area contributed by atoms with Crippen LogP contribution in [0.4, 0.5) is 0 Å². The molecule has 0 aliphatic carbocycles. The van der Waals surface area contributed by atoms with E-state index >= 15 is 0 Å². The molecular weight excluding hydrogens is 216 g/mol. The first kappa shape index (κ1) is 17.7. The van der Waals surface area contributed by atoms with Crippen molar-refractivity contribution in [3.63, 3.8) is 0 Å². The molecule has 0 radical (unpaired) electrons. The van der Waals surface area contributed by atoms with Gasteiger partial charge in [-0.15, -0.1) is 0 Å². The molecule has 0 saturated carbocycles. The summed E-state index contributed by atoms with van der Waals surface area (Å²) in [5.41, 5.74) is 0.453. The average Bonchev–Trinajstić information content (AvgIpc) is 2.29. The van der Waals surface area contributed by atoms with E-state index in [1.54, 1.807) is 0 Å². The van der Waals surface area contributed by atoms with Crippen molar-refractivity contribution >= 4 is 0 Å². The van der Waals surface area contributed by atoms with Gasteiger partial charge in [0.05, 0.1) is 0 Å². The third-order valence-electron chi connectivity index (χ3n) is 3.37. The summed E-state index contributed by atoms with van der Waals surface area (Å²) in [6.45, 7) is 9.19. The normalized spacial score (nSPS) is 12.4. The highest BCUT2D eigenvalue weighted by molar-refractivity contribution is 4.85. The van der Waals surface area contributed by atoms with Crippen LogP contribution in [-0.2, 0) is 0 Å². The van der Waals surface area contributed by atoms with Crippen LogP contribution >= 0.6 is 0 Å². The van der Waals surface area contributed by atoms with Crippen LogP contribution in [0.3, 0.4) is 0 Å². The van der Waals surface area contributed by atoms with Crippen molar-refractivity contribution in [1.82, 2.24) is 0 Å². The average molecular weight is 252 g/mol. The van der Waals surface area contributed by atoms with Crippen molar-refractivity contribution < 1.29 is 0 Å². The minimum absolute atomic E-state index is 0.453. The number of hydrogen-bond acceptors (Lipinski definition) is 0. The van der Waals surface area contributed by atoms with Gasteiger partial charge in [0.25, 0.3) is 0 Å². The van der Waals surface area contributed by atoms with Gasteiger partial charge in [0.2, 0.25) is 0 Å². The van der Waals surface area contributed by atoms with Crippen LogP contribution in [0.1, 0.15) is 98.3 Å². The van der Waals surface area contributed by atoms with E-state index in [0.717, 1.165) is 0 Å². The maximum Gasteiger partial charge on any atom is -0.0302 e. The van der Waals surface area contributed by atoms with Crippen molar-refractivity contribution in [1.29, 1.82) is 0 Å². The monoisotopic (exact) mass is 252 g/mol. The molecule has 0 fully saturated rings. The van der Waals surface area contributed by atoms with Crippen molar-refractivity contribution in [3.8, 4) is 0 Å². The molecule has 0 bridgehead atoms. The molecule has 0 spiro atoms. The predicted octanol–water partition coefficient (Wildman–Crippen LogP) is 6.90. The number of hydrogen-bond donors (Lipinski definition) is 0. The largest absolute Gasteiger partial charge is 0.0885 e.